The number of hydrogen-bond acceptors (Lipinski definition) is 7. The molecule has 1 N–H and O–H groups in total. The number of aromatic nitrogens is 2. The van der Waals surface area contributed by atoms with Gasteiger partial charge in [0.2, 0.25) is 5.13 Å². The van der Waals surface area contributed by atoms with Gasteiger partial charge in [-0.3, -0.25) is 14.5 Å². The maximum Gasteiger partial charge on any atom is 0.301 e. The van der Waals surface area contributed by atoms with Gasteiger partial charge in [0.1, 0.15) is 17.4 Å². The van der Waals surface area contributed by atoms with Crippen molar-refractivity contribution in [3.05, 3.63) is 111 Å². The molecule has 1 amide bonds. The average Bonchev–Trinajstić information content (AvgIpc) is 3.47. The molecule has 0 saturated carbocycles. The van der Waals surface area contributed by atoms with Crippen LogP contribution in [0.4, 0.5) is 13.9 Å². The van der Waals surface area contributed by atoms with Crippen LogP contribution in [0.1, 0.15) is 22.7 Å². The van der Waals surface area contributed by atoms with Gasteiger partial charge in [-0.25, -0.2) is 8.78 Å². The molecule has 12 heteroatoms. The number of thioether (sulfide) groups is 1. The minimum atomic E-state index is -1.12. The monoisotopic (exact) mass is 589 g/mol. The fourth-order valence-electron chi connectivity index (χ4n) is 3.90. The maximum atomic E-state index is 14.0. The Bertz CT molecular complexity index is 1590. The van der Waals surface area contributed by atoms with E-state index < -0.39 is 29.3 Å². The number of nitrogens with zero attached hydrogens (tertiary/aromatic N) is 3. The number of Topliss-reactive ketones (excluding diaryl/α,β-unsaturated/α-hetero) is 1. The fraction of sp³-hybridized carbons (Fsp3) is 0.0769. The van der Waals surface area contributed by atoms with Gasteiger partial charge < -0.3 is 5.11 Å². The second-order valence-electron chi connectivity index (χ2n) is 8.08. The zero-order valence-corrected chi connectivity index (χ0v) is 22.2. The summed E-state index contributed by atoms with van der Waals surface area (Å²) >= 11 is 14.6. The van der Waals surface area contributed by atoms with E-state index in [2.05, 4.69) is 10.2 Å². The Hall–Kier alpha value is -3.31. The lowest BCUT2D eigenvalue weighted by molar-refractivity contribution is -0.132. The molecule has 38 heavy (non-hydrogen) atoms. The third-order valence-corrected chi connectivity index (χ3v) is 8.58. The number of ketones is 1. The van der Waals surface area contributed by atoms with Gasteiger partial charge in [-0.05, 0) is 53.6 Å². The lowest BCUT2D eigenvalue weighted by atomic mass is 9.95. The topological polar surface area (TPSA) is 83.4 Å². The van der Waals surface area contributed by atoms with E-state index in [0.717, 1.165) is 28.4 Å². The summed E-state index contributed by atoms with van der Waals surface area (Å²) in [5.74, 6) is -2.99. The third kappa shape index (κ3) is 5.04. The molecule has 6 nitrogen and oxygen atoms in total. The van der Waals surface area contributed by atoms with Crippen molar-refractivity contribution in [3.8, 4) is 0 Å². The van der Waals surface area contributed by atoms with Crippen molar-refractivity contribution >= 4 is 68.9 Å². The predicted molar refractivity (Wildman–Crippen MR) is 144 cm³/mol. The second kappa shape index (κ2) is 10.8. The lowest BCUT2D eigenvalue weighted by Gasteiger charge is -2.22. The second-order valence-corrected chi connectivity index (χ2v) is 11.1. The molecular formula is C26H15Cl2F2N3O3S2. The first kappa shape index (κ1) is 26.3. The van der Waals surface area contributed by atoms with Gasteiger partial charge in [0.15, 0.2) is 4.34 Å². The molecule has 0 spiro atoms. The Labute approximate surface area is 233 Å². The highest BCUT2D eigenvalue weighted by Crippen LogP contribution is 2.45. The summed E-state index contributed by atoms with van der Waals surface area (Å²) in [5, 5.41) is 19.8. The van der Waals surface area contributed by atoms with Crippen molar-refractivity contribution in [1.29, 1.82) is 0 Å². The zero-order chi connectivity index (χ0) is 27.0. The molecule has 0 radical (unpaired) electrons. The molecule has 1 fully saturated rings. The molecule has 0 aliphatic carbocycles. The van der Waals surface area contributed by atoms with Crippen molar-refractivity contribution in [3.63, 3.8) is 0 Å². The molecule has 4 aromatic rings. The normalized spacial score (nSPS) is 16.8. The summed E-state index contributed by atoms with van der Waals surface area (Å²) in [6, 6.07) is 14.6. The van der Waals surface area contributed by atoms with E-state index in [-0.39, 0.29) is 37.9 Å². The highest BCUT2D eigenvalue weighted by molar-refractivity contribution is 8.00. The number of halogens is 4. The van der Waals surface area contributed by atoms with E-state index in [9.17, 15) is 23.5 Å². The Kier molecular flexibility index (Phi) is 7.49. The van der Waals surface area contributed by atoms with Gasteiger partial charge in [-0.1, -0.05) is 70.6 Å². The third-order valence-electron chi connectivity index (χ3n) is 5.73. The van der Waals surface area contributed by atoms with E-state index in [1.54, 1.807) is 24.3 Å². The van der Waals surface area contributed by atoms with Crippen LogP contribution in [-0.4, -0.2) is 27.0 Å². The molecule has 1 unspecified atom stereocenters. The summed E-state index contributed by atoms with van der Waals surface area (Å²) in [5.41, 5.74) is 0.784. The van der Waals surface area contributed by atoms with Crippen LogP contribution in [0, 0.1) is 11.6 Å². The zero-order valence-electron chi connectivity index (χ0n) is 19.1. The molecule has 1 aromatic heterocycles. The number of rotatable bonds is 6. The summed E-state index contributed by atoms with van der Waals surface area (Å²) in [6.45, 7) is 0. The summed E-state index contributed by atoms with van der Waals surface area (Å²) in [6.07, 6.45) is 0. The average molecular weight is 590 g/mol. The molecule has 2 heterocycles. The highest BCUT2D eigenvalue weighted by atomic mass is 35.5. The van der Waals surface area contributed by atoms with Gasteiger partial charge in [-0.2, -0.15) is 0 Å². The molecule has 192 valence electrons. The molecule has 3 aromatic carbocycles. The number of amides is 1. The van der Waals surface area contributed by atoms with Crippen LogP contribution >= 0.6 is 46.3 Å². The lowest BCUT2D eigenvalue weighted by Crippen LogP contribution is -2.29. The highest BCUT2D eigenvalue weighted by Gasteiger charge is 2.48. The smallest absolute Gasteiger partial charge is 0.301 e. The maximum absolute atomic E-state index is 14.0. The van der Waals surface area contributed by atoms with Gasteiger partial charge in [-0.15, -0.1) is 10.2 Å². The van der Waals surface area contributed by atoms with Crippen molar-refractivity contribution in [2.24, 2.45) is 0 Å². The van der Waals surface area contributed by atoms with Crippen LogP contribution in [0.2, 0.25) is 10.0 Å². The van der Waals surface area contributed by atoms with E-state index in [4.69, 9.17) is 23.2 Å². The first-order valence-corrected chi connectivity index (χ1v) is 13.5. The molecule has 1 aliphatic heterocycles. The van der Waals surface area contributed by atoms with Crippen molar-refractivity contribution in [2.45, 2.75) is 16.1 Å². The Morgan fingerprint density at radius 2 is 1.74 bits per heavy atom. The minimum Gasteiger partial charge on any atom is -0.507 e. The fourth-order valence-corrected chi connectivity index (χ4v) is 6.06. The SMILES string of the molecule is O=C1C(=O)N(c2nnc(SCc3ccccc3F)s2)C(c2ccc(Cl)c(Cl)c2)/C1=C(/O)c1ccc(F)cc1. The summed E-state index contributed by atoms with van der Waals surface area (Å²) in [4.78, 5) is 27.6. The van der Waals surface area contributed by atoms with E-state index >= 15 is 0 Å². The number of aliphatic hydroxyl groups excluding tert-OH is 1. The molecule has 1 aliphatic rings. The van der Waals surface area contributed by atoms with Crippen LogP contribution in [0.25, 0.3) is 5.76 Å². The predicted octanol–water partition coefficient (Wildman–Crippen LogP) is 7.04. The number of carbonyl (C=O) groups excluding carboxylic acids is 2. The van der Waals surface area contributed by atoms with E-state index in [0.29, 0.717) is 15.5 Å². The Balaban J connectivity index is 1.56. The number of anilines is 1. The molecule has 1 saturated heterocycles. The Morgan fingerprint density at radius 1 is 1.00 bits per heavy atom. The minimum absolute atomic E-state index is 0.0948. The molecule has 0 bridgehead atoms. The molecule has 5 rings (SSSR count). The van der Waals surface area contributed by atoms with Crippen LogP contribution < -0.4 is 4.90 Å². The molecule has 1 atom stereocenters. The van der Waals surface area contributed by atoms with Gasteiger partial charge in [0.25, 0.3) is 5.78 Å². The number of aliphatic hydroxyl groups is 1. The quantitative estimate of drug-likeness (QED) is 0.0853. The van der Waals surface area contributed by atoms with Crippen molar-refractivity contribution < 1.29 is 23.5 Å². The largest absolute Gasteiger partial charge is 0.507 e. The van der Waals surface area contributed by atoms with Crippen LogP contribution in [0.15, 0.2) is 76.6 Å². The van der Waals surface area contributed by atoms with Crippen molar-refractivity contribution in [2.75, 3.05) is 4.90 Å². The first-order chi connectivity index (χ1) is 18.2. The van der Waals surface area contributed by atoms with Crippen LogP contribution in [-0.2, 0) is 15.3 Å². The summed E-state index contributed by atoms with van der Waals surface area (Å²) in [7, 11) is 0. The number of hydrogen-bond donors (Lipinski definition) is 1. The standard InChI is InChI=1S/C26H15Cl2F2N3O3S2/c27-17-10-7-14(11-18(17)28)21-20(22(34)13-5-8-16(29)9-6-13)23(35)24(36)33(21)25-31-32-26(38-25)37-12-15-3-1-2-4-19(15)30/h1-11,21,34H,12H2/b22-20-. The van der Waals surface area contributed by atoms with Gasteiger partial charge in [0, 0.05) is 11.3 Å². The van der Waals surface area contributed by atoms with E-state index in [1.807, 2.05) is 0 Å². The number of benzene rings is 3. The number of carbonyl (C=O) groups is 2. The van der Waals surface area contributed by atoms with Crippen LogP contribution in [0.5, 0.6) is 0 Å². The molecular weight excluding hydrogens is 575 g/mol. The Morgan fingerprint density at radius 3 is 2.45 bits per heavy atom. The van der Waals surface area contributed by atoms with Gasteiger partial charge >= 0.3 is 5.91 Å². The first-order valence-electron chi connectivity index (χ1n) is 11.0. The van der Waals surface area contributed by atoms with Crippen LogP contribution in [0.3, 0.4) is 0 Å². The van der Waals surface area contributed by atoms with Gasteiger partial charge in [0.05, 0.1) is 21.7 Å². The van der Waals surface area contributed by atoms with Crippen molar-refractivity contribution in [1.82, 2.24) is 10.2 Å². The van der Waals surface area contributed by atoms with E-state index in [1.165, 1.54) is 42.1 Å². The summed E-state index contributed by atoms with van der Waals surface area (Å²) < 4.78 is 27.9.